The molecular weight excluding hydrogens is 260 g/mol. The summed E-state index contributed by atoms with van der Waals surface area (Å²) < 4.78 is 4.69. The summed E-state index contributed by atoms with van der Waals surface area (Å²) in [4.78, 5) is 18.4. The summed E-state index contributed by atoms with van der Waals surface area (Å²) in [6.07, 6.45) is 1.57. The predicted molar refractivity (Wildman–Crippen MR) is 76.6 cm³/mol. The van der Waals surface area contributed by atoms with Crippen molar-refractivity contribution in [2.75, 3.05) is 18.6 Å². The lowest BCUT2D eigenvalue weighted by Gasteiger charge is -2.19. The minimum atomic E-state index is -0.334. The number of hydrogen-bond acceptors (Lipinski definition) is 5. The van der Waals surface area contributed by atoms with Gasteiger partial charge < -0.3 is 9.64 Å². The van der Waals surface area contributed by atoms with Crippen molar-refractivity contribution in [3.05, 3.63) is 47.0 Å². The summed E-state index contributed by atoms with van der Waals surface area (Å²) in [5, 5.41) is 0.840. The molecule has 2 rings (SSSR count). The van der Waals surface area contributed by atoms with Gasteiger partial charge in [-0.05, 0) is 12.5 Å². The quantitative estimate of drug-likeness (QED) is 0.787. The first kappa shape index (κ1) is 13.5. The fraction of sp³-hybridized carbons (Fsp3) is 0.286. The minimum Gasteiger partial charge on any atom is -0.465 e. The standard InChI is InChI=1S/C14H16N2O2S/c1-3-16(10-11-7-5-4-6-8-11)14-15-9-12(19-14)13(17)18-2/h4-9H,3,10H2,1-2H3. The molecule has 19 heavy (non-hydrogen) atoms. The van der Waals surface area contributed by atoms with E-state index in [0.717, 1.165) is 18.2 Å². The third kappa shape index (κ3) is 3.32. The maximum absolute atomic E-state index is 11.4. The van der Waals surface area contributed by atoms with Crippen LogP contribution in [0.1, 0.15) is 22.2 Å². The first-order valence-corrected chi connectivity index (χ1v) is 6.89. The zero-order valence-electron chi connectivity index (χ0n) is 11.0. The van der Waals surface area contributed by atoms with Crippen molar-refractivity contribution in [1.82, 2.24) is 4.98 Å². The highest BCUT2D eigenvalue weighted by Crippen LogP contribution is 2.24. The zero-order valence-corrected chi connectivity index (χ0v) is 11.8. The van der Waals surface area contributed by atoms with E-state index < -0.39 is 0 Å². The number of hydrogen-bond donors (Lipinski definition) is 0. The van der Waals surface area contributed by atoms with Crippen LogP contribution in [0.25, 0.3) is 0 Å². The molecule has 0 fully saturated rings. The molecule has 1 aromatic carbocycles. The average molecular weight is 276 g/mol. The number of thiazole rings is 1. The fourth-order valence-electron chi connectivity index (χ4n) is 1.72. The van der Waals surface area contributed by atoms with Gasteiger partial charge in [0.1, 0.15) is 4.88 Å². The Morgan fingerprint density at radius 3 is 2.74 bits per heavy atom. The molecule has 0 saturated heterocycles. The van der Waals surface area contributed by atoms with Gasteiger partial charge in [0.25, 0.3) is 0 Å². The molecule has 100 valence electrons. The van der Waals surface area contributed by atoms with Crippen LogP contribution < -0.4 is 4.90 Å². The molecule has 0 spiro atoms. The molecule has 0 aliphatic rings. The number of ether oxygens (including phenoxy) is 1. The summed E-state index contributed by atoms with van der Waals surface area (Å²) in [5.41, 5.74) is 1.22. The van der Waals surface area contributed by atoms with E-state index in [4.69, 9.17) is 4.74 Å². The van der Waals surface area contributed by atoms with Crippen LogP contribution in [-0.2, 0) is 11.3 Å². The third-order valence-corrected chi connectivity index (χ3v) is 3.79. The molecule has 0 aliphatic heterocycles. The number of aromatic nitrogens is 1. The molecule has 0 aliphatic carbocycles. The van der Waals surface area contributed by atoms with E-state index in [1.54, 1.807) is 6.20 Å². The first-order valence-electron chi connectivity index (χ1n) is 6.07. The van der Waals surface area contributed by atoms with E-state index in [1.807, 2.05) is 18.2 Å². The van der Waals surface area contributed by atoms with E-state index in [1.165, 1.54) is 24.0 Å². The van der Waals surface area contributed by atoms with Gasteiger partial charge in [-0.3, -0.25) is 0 Å². The van der Waals surface area contributed by atoms with Crippen LogP contribution in [-0.4, -0.2) is 24.6 Å². The lowest BCUT2D eigenvalue weighted by molar-refractivity contribution is 0.0606. The van der Waals surface area contributed by atoms with Crippen LogP contribution in [0.4, 0.5) is 5.13 Å². The topological polar surface area (TPSA) is 42.4 Å². The van der Waals surface area contributed by atoms with E-state index in [9.17, 15) is 4.79 Å². The Balaban J connectivity index is 2.13. The van der Waals surface area contributed by atoms with Crippen LogP contribution in [0.3, 0.4) is 0 Å². The van der Waals surface area contributed by atoms with E-state index >= 15 is 0 Å². The highest BCUT2D eigenvalue weighted by Gasteiger charge is 2.14. The van der Waals surface area contributed by atoms with Gasteiger partial charge in [0.2, 0.25) is 0 Å². The van der Waals surface area contributed by atoms with Gasteiger partial charge in [-0.15, -0.1) is 0 Å². The molecule has 2 aromatic rings. The third-order valence-electron chi connectivity index (χ3n) is 2.75. The van der Waals surface area contributed by atoms with Gasteiger partial charge in [-0.1, -0.05) is 41.7 Å². The van der Waals surface area contributed by atoms with Crippen molar-refractivity contribution >= 4 is 22.4 Å². The second kappa shape index (κ2) is 6.33. The maximum Gasteiger partial charge on any atom is 0.349 e. The minimum absolute atomic E-state index is 0.334. The van der Waals surface area contributed by atoms with Crippen molar-refractivity contribution in [1.29, 1.82) is 0 Å². The summed E-state index contributed by atoms with van der Waals surface area (Å²) >= 11 is 1.36. The second-order valence-electron chi connectivity index (χ2n) is 4.00. The Labute approximate surface area is 116 Å². The predicted octanol–water partition coefficient (Wildman–Crippen LogP) is 2.96. The molecule has 0 atom stereocenters. The number of carbonyl (C=O) groups excluding carboxylic acids is 1. The summed E-state index contributed by atoms with van der Waals surface area (Å²) in [6.45, 7) is 3.69. The van der Waals surface area contributed by atoms with Crippen LogP contribution in [0.2, 0.25) is 0 Å². The lowest BCUT2D eigenvalue weighted by atomic mass is 10.2. The van der Waals surface area contributed by atoms with Gasteiger partial charge in [0.15, 0.2) is 5.13 Å². The largest absolute Gasteiger partial charge is 0.465 e. The zero-order chi connectivity index (χ0) is 13.7. The monoisotopic (exact) mass is 276 g/mol. The average Bonchev–Trinajstić information content (AvgIpc) is 2.94. The van der Waals surface area contributed by atoms with E-state index in [2.05, 4.69) is 28.9 Å². The molecule has 4 nitrogen and oxygen atoms in total. The number of anilines is 1. The number of benzene rings is 1. The number of nitrogens with zero attached hydrogens (tertiary/aromatic N) is 2. The smallest absolute Gasteiger partial charge is 0.349 e. The molecule has 1 heterocycles. The Bertz CT molecular complexity index is 539. The van der Waals surface area contributed by atoms with Gasteiger partial charge in [-0.25, -0.2) is 9.78 Å². The van der Waals surface area contributed by atoms with Crippen molar-refractivity contribution in [2.45, 2.75) is 13.5 Å². The van der Waals surface area contributed by atoms with Crippen molar-refractivity contribution in [3.8, 4) is 0 Å². The van der Waals surface area contributed by atoms with Gasteiger partial charge in [0.05, 0.1) is 13.3 Å². The van der Waals surface area contributed by atoms with E-state index in [0.29, 0.717) is 4.88 Å². The Hall–Kier alpha value is -1.88. The molecule has 0 N–H and O–H groups in total. The van der Waals surface area contributed by atoms with Crippen LogP contribution in [0.15, 0.2) is 36.5 Å². The highest BCUT2D eigenvalue weighted by molar-refractivity contribution is 7.17. The van der Waals surface area contributed by atoms with Gasteiger partial charge in [-0.2, -0.15) is 0 Å². The molecular formula is C14H16N2O2S. The molecule has 0 amide bonds. The summed E-state index contributed by atoms with van der Waals surface area (Å²) in [7, 11) is 1.38. The summed E-state index contributed by atoms with van der Waals surface area (Å²) in [6, 6.07) is 10.2. The maximum atomic E-state index is 11.4. The SMILES string of the molecule is CCN(Cc1ccccc1)c1ncc(C(=O)OC)s1. The van der Waals surface area contributed by atoms with Crippen LogP contribution in [0, 0.1) is 0 Å². The fourth-order valence-corrected chi connectivity index (χ4v) is 2.62. The van der Waals surface area contributed by atoms with Crippen LogP contribution in [0.5, 0.6) is 0 Å². The lowest BCUT2D eigenvalue weighted by Crippen LogP contribution is -2.21. The van der Waals surface area contributed by atoms with E-state index in [-0.39, 0.29) is 5.97 Å². The number of carbonyl (C=O) groups is 1. The van der Waals surface area contributed by atoms with Crippen LogP contribution >= 0.6 is 11.3 Å². The van der Waals surface area contributed by atoms with Crippen molar-refractivity contribution in [2.24, 2.45) is 0 Å². The Morgan fingerprint density at radius 1 is 1.37 bits per heavy atom. The second-order valence-corrected chi connectivity index (χ2v) is 5.01. The normalized spacial score (nSPS) is 10.2. The Kier molecular flexibility index (Phi) is 4.52. The van der Waals surface area contributed by atoms with Gasteiger partial charge in [0, 0.05) is 13.1 Å². The van der Waals surface area contributed by atoms with Gasteiger partial charge >= 0.3 is 5.97 Å². The molecule has 1 aromatic heterocycles. The van der Waals surface area contributed by atoms with Crippen molar-refractivity contribution < 1.29 is 9.53 Å². The first-order chi connectivity index (χ1) is 9.24. The highest BCUT2D eigenvalue weighted by atomic mass is 32.1. The molecule has 0 unspecified atom stereocenters. The number of rotatable bonds is 5. The molecule has 0 bridgehead atoms. The molecule has 5 heteroatoms. The summed E-state index contributed by atoms with van der Waals surface area (Å²) in [5.74, 6) is -0.334. The van der Waals surface area contributed by atoms with Crippen molar-refractivity contribution in [3.63, 3.8) is 0 Å². The molecule has 0 radical (unpaired) electrons. The Morgan fingerprint density at radius 2 is 2.11 bits per heavy atom. The number of esters is 1. The number of methoxy groups -OCH3 is 1. The molecule has 0 saturated carbocycles.